The van der Waals surface area contributed by atoms with Crippen LogP contribution < -0.4 is 18.9 Å². The Morgan fingerprint density at radius 1 is 1.27 bits per heavy atom. The summed E-state index contributed by atoms with van der Waals surface area (Å²) in [6.45, 7) is 0. The van der Waals surface area contributed by atoms with Crippen molar-refractivity contribution in [3.8, 4) is 0 Å². The summed E-state index contributed by atoms with van der Waals surface area (Å²) >= 11 is 4.22. The third-order valence-electron chi connectivity index (χ3n) is 1.94. The summed E-state index contributed by atoms with van der Waals surface area (Å²) in [5.74, 6) is 2.67. The summed E-state index contributed by atoms with van der Waals surface area (Å²) in [5.41, 5.74) is 0. The molecular formula is C8H11LiS2. The van der Waals surface area contributed by atoms with Crippen LogP contribution in [0.3, 0.4) is 0 Å². The fourth-order valence-electron chi connectivity index (χ4n) is 1.43. The Balaban J connectivity index is 0.000000605. The molecule has 0 saturated carbocycles. The van der Waals surface area contributed by atoms with Gasteiger partial charge in [0.2, 0.25) is 0 Å². The smallest absolute Gasteiger partial charge is 0.498 e. The Morgan fingerprint density at radius 2 is 2.00 bits per heavy atom. The van der Waals surface area contributed by atoms with Crippen LogP contribution in [0, 0.1) is 6.08 Å². The Hall–Kier alpha value is 1.04. The van der Waals surface area contributed by atoms with Crippen molar-refractivity contribution in [3.05, 3.63) is 12.2 Å². The van der Waals surface area contributed by atoms with Crippen molar-refractivity contribution >= 4 is 23.5 Å². The van der Waals surface area contributed by atoms with Gasteiger partial charge in [0, 0.05) is 15.6 Å². The van der Waals surface area contributed by atoms with E-state index in [0.29, 0.717) is 4.08 Å². The Morgan fingerprint density at radius 3 is 2.55 bits per heavy atom. The predicted octanol–water partition coefficient (Wildman–Crippen LogP) is -0.290. The molecule has 2 rings (SSSR count). The van der Waals surface area contributed by atoms with Crippen molar-refractivity contribution in [1.29, 1.82) is 0 Å². The number of thioether (sulfide) groups is 2. The van der Waals surface area contributed by atoms with Crippen molar-refractivity contribution < 1.29 is 18.9 Å². The van der Waals surface area contributed by atoms with E-state index in [9.17, 15) is 0 Å². The van der Waals surface area contributed by atoms with Gasteiger partial charge in [0.05, 0.1) is 0 Å². The predicted molar refractivity (Wildman–Crippen MR) is 49.3 cm³/mol. The van der Waals surface area contributed by atoms with Crippen molar-refractivity contribution in [2.75, 3.05) is 11.5 Å². The molecule has 0 radical (unpaired) electrons. The van der Waals surface area contributed by atoms with Crippen molar-refractivity contribution in [1.82, 2.24) is 0 Å². The molecule has 0 unspecified atom stereocenters. The van der Waals surface area contributed by atoms with Gasteiger partial charge in [-0.25, -0.2) is 6.08 Å². The number of allylic oxidation sites excluding steroid dienone is 1. The van der Waals surface area contributed by atoms with E-state index in [4.69, 9.17) is 0 Å². The van der Waals surface area contributed by atoms with E-state index in [-0.39, 0.29) is 18.9 Å². The molecule has 0 aromatic rings. The van der Waals surface area contributed by atoms with Crippen LogP contribution in [0.4, 0.5) is 0 Å². The van der Waals surface area contributed by atoms with Crippen LogP contribution in [0.25, 0.3) is 0 Å². The quantitative estimate of drug-likeness (QED) is 0.369. The van der Waals surface area contributed by atoms with E-state index in [1.165, 1.54) is 30.8 Å². The average Bonchev–Trinajstić information content (AvgIpc) is 2.39. The molecule has 3 heteroatoms. The molecule has 0 amide bonds. The first kappa shape index (κ1) is 10.1. The van der Waals surface area contributed by atoms with Gasteiger partial charge in [-0.1, -0.05) is 6.42 Å². The third kappa shape index (κ3) is 2.25. The van der Waals surface area contributed by atoms with E-state index in [1.807, 2.05) is 0 Å². The normalized spacial score (nSPS) is 26.9. The van der Waals surface area contributed by atoms with Crippen molar-refractivity contribution in [2.24, 2.45) is 0 Å². The molecule has 2 aliphatic rings. The molecule has 0 aromatic heterocycles. The Kier molecular flexibility index (Phi) is 3.98. The van der Waals surface area contributed by atoms with Gasteiger partial charge in [0.1, 0.15) is 0 Å². The maximum absolute atomic E-state index is 3.35. The molecule has 0 N–H and O–H groups in total. The second-order valence-corrected chi connectivity index (χ2v) is 5.82. The molecule has 1 saturated heterocycles. The maximum Gasteiger partial charge on any atom is 1.00 e. The summed E-state index contributed by atoms with van der Waals surface area (Å²) in [6.07, 6.45) is 9.55. The van der Waals surface area contributed by atoms with Crippen molar-refractivity contribution in [2.45, 2.75) is 23.3 Å². The fourth-order valence-corrected chi connectivity index (χ4v) is 4.54. The van der Waals surface area contributed by atoms with Crippen LogP contribution in [-0.4, -0.2) is 15.6 Å². The van der Waals surface area contributed by atoms with E-state index < -0.39 is 0 Å². The second kappa shape index (κ2) is 4.32. The zero-order valence-electron chi connectivity index (χ0n) is 6.93. The van der Waals surface area contributed by atoms with Crippen LogP contribution in [-0.2, 0) is 0 Å². The molecule has 1 aliphatic carbocycles. The van der Waals surface area contributed by atoms with Gasteiger partial charge >= 0.3 is 18.9 Å². The average molecular weight is 178 g/mol. The van der Waals surface area contributed by atoms with E-state index in [1.54, 1.807) is 0 Å². The monoisotopic (exact) mass is 178 g/mol. The molecule has 11 heavy (non-hydrogen) atoms. The summed E-state index contributed by atoms with van der Waals surface area (Å²) in [5, 5.41) is 0. The summed E-state index contributed by atoms with van der Waals surface area (Å²) < 4.78 is 0.470. The Labute approximate surface area is 89.1 Å². The second-order valence-electron chi connectivity index (χ2n) is 2.71. The topological polar surface area (TPSA) is 0 Å². The zero-order chi connectivity index (χ0) is 6.86. The van der Waals surface area contributed by atoms with Gasteiger partial charge in [0.15, 0.2) is 0 Å². The van der Waals surface area contributed by atoms with Crippen LogP contribution in [0.2, 0.25) is 0 Å². The van der Waals surface area contributed by atoms with Gasteiger partial charge in [-0.3, -0.25) is 0 Å². The van der Waals surface area contributed by atoms with Crippen molar-refractivity contribution in [3.63, 3.8) is 0 Å². The summed E-state index contributed by atoms with van der Waals surface area (Å²) in [6, 6.07) is 0. The molecule has 1 heterocycles. The van der Waals surface area contributed by atoms with Gasteiger partial charge in [-0.15, -0.1) is 23.5 Å². The summed E-state index contributed by atoms with van der Waals surface area (Å²) in [4.78, 5) is 0. The largest absolute Gasteiger partial charge is 1.00 e. The van der Waals surface area contributed by atoms with E-state index in [0.717, 1.165) is 0 Å². The molecule has 0 aromatic carbocycles. The minimum Gasteiger partial charge on any atom is -0.498 e. The van der Waals surface area contributed by atoms with Gasteiger partial charge in [-0.2, -0.15) is 6.42 Å². The van der Waals surface area contributed by atoms with Crippen LogP contribution in [0.1, 0.15) is 19.3 Å². The van der Waals surface area contributed by atoms with Crippen LogP contribution in [0.5, 0.6) is 0 Å². The molecular weight excluding hydrogens is 167 g/mol. The molecule has 1 aliphatic heterocycles. The molecule has 0 atom stereocenters. The minimum absolute atomic E-state index is 0. The molecule has 1 fully saturated rings. The van der Waals surface area contributed by atoms with Gasteiger partial charge in [0.25, 0.3) is 0 Å². The standard InChI is InChI=1S/C8H11S2.Li/c1-2-4-8(5-3-1)9-6-7-10-8;/h5H,1-2,4,6-7H2;/q-1;+1. The number of hydrogen-bond acceptors (Lipinski definition) is 2. The maximum atomic E-state index is 3.35. The number of hydrogen-bond donors (Lipinski definition) is 0. The number of rotatable bonds is 0. The van der Waals surface area contributed by atoms with Crippen LogP contribution >= 0.6 is 23.5 Å². The summed E-state index contributed by atoms with van der Waals surface area (Å²) in [7, 11) is 0. The van der Waals surface area contributed by atoms with Gasteiger partial charge < -0.3 is 6.08 Å². The fraction of sp³-hybridized carbons (Fsp3) is 0.750. The first-order valence-electron chi connectivity index (χ1n) is 3.77. The van der Waals surface area contributed by atoms with Gasteiger partial charge in [-0.05, 0) is 6.42 Å². The van der Waals surface area contributed by atoms with Crippen LogP contribution in [0.15, 0.2) is 6.08 Å². The van der Waals surface area contributed by atoms with E-state index in [2.05, 4.69) is 35.7 Å². The minimum atomic E-state index is 0. The molecule has 1 spiro atoms. The third-order valence-corrected chi connectivity index (χ3v) is 5.35. The molecule has 0 bridgehead atoms. The first-order chi connectivity index (χ1) is 4.91. The zero-order valence-corrected chi connectivity index (χ0v) is 8.56. The Bertz CT molecular complexity index is 150. The SMILES string of the molecule is [C-]1=CC2(CCC1)SCCS2.[Li+]. The molecule has 56 valence electrons. The van der Waals surface area contributed by atoms with E-state index >= 15 is 0 Å². The molecule has 0 nitrogen and oxygen atoms in total. The first-order valence-corrected chi connectivity index (χ1v) is 5.74.